The Bertz CT molecular complexity index is 1050. The minimum atomic E-state index is -0.159. The lowest BCUT2D eigenvalue weighted by Gasteiger charge is -2.41. The summed E-state index contributed by atoms with van der Waals surface area (Å²) in [6.45, 7) is 1.12. The second-order valence-electron chi connectivity index (χ2n) is 7.08. The number of rotatable bonds is 2. The van der Waals surface area contributed by atoms with Crippen LogP contribution in [0.5, 0.6) is 0 Å². The summed E-state index contributed by atoms with van der Waals surface area (Å²) in [4.78, 5) is 35.2. The second-order valence-corrected chi connectivity index (χ2v) is 7.08. The van der Waals surface area contributed by atoms with Gasteiger partial charge in [-0.05, 0) is 24.6 Å². The van der Waals surface area contributed by atoms with Crippen LogP contribution in [-0.2, 0) is 9.53 Å². The van der Waals surface area contributed by atoms with Gasteiger partial charge in [0.2, 0.25) is 5.91 Å². The lowest BCUT2D eigenvalue weighted by molar-refractivity contribution is -0.139. The Morgan fingerprint density at radius 2 is 2.07 bits per heavy atom. The van der Waals surface area contributed by atoms with E-state index in [1.165, 1.54) is 0 Å². The Hall–Kier alpha value is -3.26. The third kappa shape index (κ3) is 2.91. The minimum absolute atomic E-state index is 0.0241. The first-order chi connectivity index (χ1) is 13.7. The van der Waals surface area contributed by atoms with Crippen LogP contribution in [0.25, 0.3) is 16.9 Å². The van der Waals surface area contributed by atoms with Gasteiger partial charge in [-0.3, -0.25) is 14.2 Å². The molecule has 4 heterocycles. The monoisotopic (exact) mass is 377 g/mol. The molecule has 1 aromatic carbocycles. The van der Waals surface area contributed by atoms with E-state index in [0.29, 0.717) is 36.2 Å². The van der Waals surface area contributed by atoms with Gasteiger partial charge in [0.15, 0.2) is 5.65 Å². The molecule has 8 heteroatoms. The predicted molar refractivity (Wildman–Crippen MR) is 101 cm³/mol. The van der Waals surface area contributed by atoms with Crippen molar-refractivity contribution < 1.29 is 14.3 Å². The van der Waals surface area contributed by atoms with Crippen LogP contribution in [0.1, 0.15) is 16.8 Å². The average Bonchev–Trinajstić information content (AvgIpc) is 3.16. The zero-order valence-electron chi connectivity index (χ0n) is 15.1. The molecule has 0 aliphatic carbocycles. The number of benzene rings is 1. The highest BCUT2D eigenvalue weighted by molar-refractivity contribution is 5.96. The number of piperidine rings is 1. The second kappa shape index (κ2) is 6.72. The van der Waals surface area contributed by atoms with Crippen molar-refractivity contribution in [1.82, 2.24) is 24.8 Å². The van der Waals surface area contributed by atoms with Crippen LogP contribution in [0, 0.1) is 0 Å². The highest BCUT2D eigenvalue weighted by atomic mass is 16.5. The van der Waals surface area contributed by atoms with E-state index >= 15 is 0 Å². The summed E-state index contributed by atoms with van der Waals surface area (Å²) in [7, 11) is 0. The molecule has 2 saturated heterocycles. The maximum atomic E-state index is 13.0. The van der Waals surface area contributed by atoms with E-state index in [1.54, 1.807) is 23.5 Å². The van der Waals surface area contributed by atoms with Crippen LogP contribution in [0.3, 0.4) is 0 Å². The SMILES string of the molecule is O=C1CO[C@@H]2CCN(C(=O)c3cnc4c(c3)ncn4-c3ccccc3)C[C@@H]2N1. The first kappa shape index (κ1) is 16.9. The van der Waals surface area contributed by atoms with Gasteiger partial charge in [0, 0.05) is 25.0 Å². The maximum Gasteiger partial charge on any atom is 0.255 e. The number of ether oxygens (including phenoxy) is 1. The van der Waals surface area contributed by atoms with Crippen LogP contribution >= 0.6 is 0 Å². The molecule has 2 fully saturated rings. The van der Waals surface area contributed by atoms with Crippen molar-refractivity contribution in [2.75, 3.05) is 19.7 Å². The van der Waals surface area contributed by atoms with Gasteiger partial charge in [0.1, 0.15) is 18.5 Å². The normalized spacial score (nSPS) is 22.0. The molecule has 1 N–H and O–H groups in total. The molecular formula is C20H19N5O3. The lowest BCUT2D eigenvalue weighted by Crippen LogP contribution is -2.61. The molecule has 2 aliphatic heterocycles. The molecule has 2 aliphatic rings. The highest BCUT2D eigenvalue weighted by Gasteiger charge is 2.36. The predicted octanol–water partition coefficient (Wildman–Crippen LogP) is 1.15. The fourth-order valence-electron chi connectivity index (χ4n) is 3.86. The standard InChI is InChI=1S/C20H19N5O3/c26-18-11-28-17-6-7-24(10-16(17)23-18)20(27)13-8-15-19(21-9-13)25(12-22-15)14-4-2-1-3-5-14/h1-5,8-9,12,16-17H,6-7,10-11H2,(H,23,26)/t16-,17+/m0/s1. The number of pyridine rings is 1. The molecule has 0 spiro atoms. The third-order valence-electron chi connectivity index (χ3n) is 5.28. The van der Waals surface area contributed by atoms with Crippen LogP contribution in [0.15, 0.2) is 48.9 Å². The van der Waals surface area contributed by atoms with Crippen LogP contribution in [0.4, 0.5) is 0 Å². The van der Waals surface area contributed by atoms with Crippen molar-refractivity contribution in [3.63, 3.8) is 0 Å². The molecule has 0 saturated carbocycles. The Morgan fingerprint density at radius 3 is 2.93 bits per heavy atom. The number of aromatic nitrogens is 3. The van der Waals surface area contributed by atoms with Crippen molar-refractivity contribution in [2.24, 2.45) is 0 Å². The zero-order chi connectivity index (χ0) is 19.1. The van der Waals surface area contributed by atoms with Crippen molar-refractivity contribution >= 4 is 23.0 Å². The lowest BCUT2D eigenvalue weighted by atomic mass is 10.00. The molecule has 0 bridgehead atoms. The number of carbonyl (C=O) groups is 2. The number of likely N-dealkylation sites (tertiary alicyclic amines) is 1. The number of nitrogens with one attached hydrogen (secondary N) is 1. The first-order valence-electron chi connectivity index (χ1n) is 9.28. The van der Waals surface area contributed by atoms with Gasteiger partial charge < -0.3 is 15.0 Å². The molecule has 8 nitrogen and oxygen atoms in total. The average molecular weight is 377 g/mol. The number of amides is 2. The van der Waals surface area contributed by atoms with Gasteiger partial charge in [0.25, 0.3) is 5.91 Å². The van der Waals surface area contributed by atoms with Crippen LogP contribution in [-0.4, -0.2) is 63.1 Å². The van der Waals surface area contributed by atoms with E-state index in [9.17, 15) is 9.59 Å². The van der Waals surface area contributed by atoms with E-state index < -0.39 is 0 Å². The number of morpholine rings is 1. The number of hydrogen-bond acceptors (Lipinski definition) is 5. The molecule has 142 valence electrons. The van der Waals surface area contributed by atoms with Crippen molar-refractivity contribution in [3.8, 4) is 5.69 Å². The minimum Gasteiger partial charge on any atom is -0.366 e. The zero-order valence-corrected chi connectivity index (χ0v) is 15.1. The molecule has 0 radical (unpaired) electrons. The number of fused-ring (bicyclic) bond motifs is 2. The molecule has 5 rings (SSSR count). The summed E-state index contributed by atoms with van der Waals surface area (Å²) < 4.78 is 7.45. The van der Waals surface area contributed by atoms with E-state index in [1.807, 2.05) is 34.9 Å². The summed E-state index contributed by atoms with van der Waals surface area (Å²) in [6.07, 6.45) is 3.98. The third-order valence-corrected chi connectivity index (χ3v) is 5.28. The smallest absolute Gasteiger partial charge is 0.255 e. The molecule has 2 atom stereocenters. The number of nitrogens with zero attached hydrogens (tertiary/aromatic N) is 4. The van der Waals surface area contributed by atoms with Gasteiger partial charge >= 0.3 is 0 Å². The number of para-hydroxylation sites is 1. The number of carbonyl (C=O) groups excluding carboxylic acids is 2. The maximum absolute atomic E-state index is 13.0. The van der Waals surface area contributed by atoms with Crippen molar-refractivity contribution in [3.05, 3.63) is 54.5 Å². The first-order valence-corrected chi connectivity index (χ1v) is 9.28. The van der Waals surface area contributed by atoms with E-state index in [0.717, 1.165) is 5.69 Å². The molecule has 28 heavy (non-hydrogen) atoms. The molecule has 2 aromatic heterocycles. The molecule has 2 amide bonds. The van der Waals surface area contributed by atoms with Crippen LogP contribution in [0.2, 0.25) is 0 Å². The van der Waals surface area contributed by atoms with Gasteiger partial charge in [-0.25, -0.2) is 9.97 Å². The fraction of sp³-hybridized carbons (Fsp3) is 0.300. The molecular weight excluding hydrogens is 358 g/mol. The fourth-order valence-corrected chi connectivity index (χ4v) is 3.86. The van der Waals surface area contributed by atoms with Gasteiger partial charge in [-0.1, -0.05) is 18.2 Å². The van der Waals surface area contributed by atoms with Gasteiger partial charge in [-0.15, -0.1) is 0 Å². The number of hydrogen-bond donors (Lipinski definition) is 1. The van der Waals surface area contributed by atoms with E-state index in [2.05, 4.69) is 15.3 Å². The Morgan fingerprint density at radius 1 is 1.21 bits per heavy atom. The highest BCUT2D eigenvalue weighted by Crippen LogP contribution is 2.21. The summed E-state index contributed by atoms with van der Waals surface area (Å²) in [6, 6.07) is 11.4. The topological polar surface area (TPSA) is 89.3 Å². The summed E-state index contributed by atoms with van der Waals surface area (Å²) in [5, 5.41) is 2.92. The quantitative estimate of drug-likeness (QED) is 0.724. The Balaban J connectivity index is 1.39. The van der Waals surface area contributed by atoms with E-state index in [-0.39, 0.29) is 30.6 Å². The van der Waals surface area contributed by atoms with Crippen molar-refractivity contribution in [2.45, 2.75) is 18.6 Å². The van der Waals surface area contributed by atoms with Gasteiger partial charge in [-0.2, -0.15) is 0 Å². The largest absolute Gasteiger partial charge is 0.366 e. The summed E-state index contributed by atoms with van der Waals surface area (Å²) in [5.74, 6) is -0.243. The Labute approximate surface area is 161 Å². The van der Waals surface area contributed by atoms with Crippen molar-refractivity contribution in [1.29, 1.82) is 0 Å². The summed E-state index contributed by atoms with van der Waals surface area (Å²) in [5.41, 5.74) is 2.83. The van der Waals surface area contributed by atoms with E-state index in [4.69, 9.17) is 4.74 Å². The molecule has 0 unspecified atom stereocenters. The molecule has 3 aromatic rings. The summed E-state index contributed by atoms with van der Waals surface area (Å²) >= 11 is 0. The van der Waals surface area contributed by atoms with Gasteiger partial charge in [0.05, 0.1) is 17.7 Å². The number of imidazole rings is 1. The Kier molecular flexibility index (Phi) is 4.05. The van der Waals surface area contributed by atoms with Crippen LogP contribution < -0.4 is 5.32 Å².